The second-order valence-corrected chi connectivity index (χ2v) is 3.58. The van der Waals surface area contributed by atoms with Crippen LogP contribution < -0.4 is 10.1 Å². The maximum atomic E-state index is 12.8. The first kappa shape index (κ1) is 13.2. The molecule has 0 bridgehead atoms. The van der Waals surface area contributed by atoms with Crippen LogP contribution in [-0.2, 0) is 0 Å². The van der Waals surface area contributed by atoms with Crippen LogP contribution in [0.15, 0.2) is 18.2 Å². The van der Waals surface area contributed by atoms with E-state index in [9.17, 15) is 13.6 Å². The molecule has 0 radical (unpaired) electrons. The van der Waals surface area contributed by atoms with Gasteiger partial charge in [0.15, 0.2) is 0 Å². The highest BCUT2D eigenvalue weighted by Crippen LogP contribution is 2.14. The van der Waals surface area contributed by atoms with Gasteiger partial charge in [0.2, 0.25) is 0 Å². The maximum Gasteiger partial charge on any atom is 0.316 e. The molecule has 1 N–H and O–H groups in total. The molecule has 4 nitrogen and oxygen atoms in total. The van der Waals surface area contributed by atoms with Crippen molar-refractivity contribution in [2.75, 3.05) is 27.2 Å². The van der Waals surface area contributed by atoms with Gasteiger partial charge in [-0.25, -0.2) is 13.6 Å². The fourth-order valence-electron chi connectivity index (χ4n) is 1.10. The van der Waals surface area contributed by atoms with Gasteiger partial charge >= 0.3 is 6.03 Å². The van der Waals surface area contributed by atoms with E-state index in [0.29, 0.717) is 0 Å². The van der Waals surface area contributed by atoms with Gasteiger partial charge in [-0.15, -0.1) is 0 Å². The minimum absolute atomic E-state index is 0.0987. The van der Waals surface area contributed by atoms with E-state index >= 15 is 0 Å². The van der Waals surface area contributed by atoms with Crippen LogP contribution in [0.25, 0.3) is 0 Å². The number of rotatable bonds is 4. The van der Waals surface area contributed by atoms with Crippen molar-refractivity contribution in [1.29, 1.82) is 0 Å². The Bertz CT molecular complexity index is 377. The fraction of sp³-hybridized carbons (Fsp3) is 0.364. The highest BCUT2D eigenvalue weighted by atomic mass is 19.1. The van der Waals surface area contributed by atoms with E-state index in [-0.39, 0.29) is 24.9 Å². The van der Waals surface area contributed by atoms with Crippen LogP contribution in [0, 0.1) is 11.6 Å². The van der Waals surface area contributed by atoms with Gasteiger partial charge in [0.1, 0.15) is 24.0 Å². The Labute approximate surface area is 98.2 Å². The zero-order valence-electron chi connectivity index (χ0n) is 9.67. The molecule has 0 fully saturated rings. The third-order valence-electron chi connectivity index (χ3n) is 1.89. The summed E-state index contributed by atoms with van der Waals surface area (Å²) in [5.41, 5.74) is 0. The molecule has 0 aliphatic carbocycles. The fourth-order valence-corrected chi connectivity index (χ4v) is 1.10. The molecule has 0 saturated heterocycles. The van der Waals surface area contributed by atoms with Gasteiger partial charge in [0, 0.05) is 32.3 Å². The molecule has 0 aromatic heterocycles. The Morgan fingerprint density at radius 3 is 2.41 bits per heavy atom. The number of carbonyl (C=O) groups is 1. The number of halogens is 2. The number of benzene rings is 1. The number of amides is 2. The third kappa shape index (κ3) is 4.67. The predicted molar refractivity (Wildman–Crippen MR) is 58.9 cm³/mol. The average Bonchev–Trinajstić information content (AvgIpc) is 2.22. The van der Waals surface area contributed by atoms with Crippen LogP contribution in [0.2, 0.25) is 0 Å². The summed E-state index contributed by atoms with van der Waals surface area (Å²) < 4.78 is 30.6. The first-order valence-electron chi connectivity index (χ1n) is 5.03. The zero-order valence-corrected chi connectivity index (χ0v) is 9.67. The summed E-state index contributed by atoms with van der Waals surface area (Å²) in [6, 6.07) is 2.67. The maximum absolute atomic E-state index is 12.8. The first-order valence-corrected chi connectivity index (χ1v) is 5.03. The van der Waals surface area contributed by atoms with Crippen LogP contribution in [0.3, 0.4) is 0 Å². The molecule has 0 spiro atoms. The lowest BCUT2D eigenvalue weighted by atomic mass is 10.3. The van der Waals surface area contributed by atoms with Crippen molar-refractivity contribution in [3.05, 3.63) is 29.8 Å². The topological polar surface area (TPSA) is 41.6 Å². The van der Waals surface area contributed by atoms with E-state index in [1.807, 2.05) is 0 Å². The predicted octanol–water partition coefficient (Wildman–Crippen LogP) is 1.61. The second-order valence-electron chi connectivity index (χ2n) is 3.58. The molecule has 0 aliphatic heterocycles. The number of hydrogen-bond acceptors (Lipinski definition) is 2. The van der Waals surface area contributed by atoms with Crippen LogP contribution >= 0.6 is 0 Å². The highest BCUT2D eigenvalue weighted by molar-refractivity contribution is 5.73. The minimum Gasteiger partial charge on any atom is -0.492 e. The normalized spacial score (nSPS) is 9.88. The summed E-state index contributed by atoms with van der Waals surface area (Å²) in [5.74, 6) is -1.30. The van der Waals surface area contributed by atoms with Gasteiger partial charge in [0.25, 0.3) is 0 Å². The molecule has 2 amide bonds. The average molecular weight is 244 g/mol. The van der Waals surface area contributed by atoms with Gasteiger partial charge < -0.3 is 15.0 Å². The molecule has 0 heterocycles. The van der Waals surface area contributed by atoms with Crippen molar-refractivity contribution in [3.8, 4) is 5.75 Å². The number of carbonyl (C=O) groups excluding carboxylic acids is 1. The monoisotopic (exact) mass is 244 g/mol. The molecule has 6 heteroatoms. The third-order valence-corrected chi connectivity index (χ3v) is 1.89. The quantitative estimate of drug-likeness (QED) is 0.818. The van der Waals surface area contributed by atoms with Crippen molar-refractivity contribution in [1.82, 2.24) is 10.2 Å². The van der Waals surface area contributed by atoms with E-state index in [1.165, 1.54) is 4.90 Å². The Balaban J connectivity index is 2.33. The van der Waals surface area contributed by atoms with Crippen LogP contribution in [-0.4, -0.2) is 38.2 Å². The SMILES string of the molecule is CN(C)C(=O)NCCOc1cc(F)cc(F)c1. The van der Waals surface area contributed by atoms with Crippen molar-refractivity contribution in [2.24, 2.45) is 0 Å². The molecule has 0 atom stereocenters. The van der Waals surface area contributed by atoms with Crippen molar-refractivity contribution >= 4 is 6.03 Å². The number of nitrogens with one attached hydrogen (secondary N) is 1. The lowest BCUT2D eigenvalue weighted by molar-refractivity contribution is 0.213. The first-order chi connectivity index (χ1) is 7.99. The number of ether oxygens (including phenoxy) is 1. The second kappa shape index (κ2) is 6.03. The van der Waals surface area contributed by atoms with Crippen LogP contribution in [0.1, 0.15) is 0 Å². The molecular weight excluding hydrogens is 230 g/mol. The smallest absolute Gasteiger partial charge is 0.316 e. The number of urea groups is 1. The molecule has 1 rings (SSSR count). The van der Waals surface area contributed by atoms with E-state index in [0.717, 1.165) is 18.2 Å². The Morgan fingerprint density at radius 1 is 1.29 bits per heavy atom. The van der Waals surface area contributed by atoms with E-state index < -0.39 is 11.6 Å². The molecule has 0 unspecified atom stereocenters. The summed E-state index contributed by atoms with van der Waals surface area (Å²) in [5, 5.41) is 2.56. The van der Waals surface area contributed by atoms with Crippen molar-refractivity contribution < 1.29 is 18.3 Å². The Hall–Kier alpha value is -1.85. The van der Waals surface area contributed by atoms with E-state index in [4.69, 9.17) is 4.74 Å². The summed E-state index contributed by atoms with van der Waals surface area (Å²) in [4.78, 5) is 12.5. The summed E-state index contributed by atoms with van der Waals surface area (Å²) in [6.45, 7) is 0.400. The van der Waals surface area contributed by atoms with E-state index in [2.05, 4.69) is 5.32 Å². The van der Waals surface area contributed by atoms with Gasteiger partial charge in [-0.2, -0.15) is 0 Å². The van der Waals surface area contributed by atoms with E-state index in [1.54, 1.807) is 14.1 Å². The zero-order chi connectivity index (χ0) is 12.8. The van der Waals surface area contributed by atoms with Gasteiger partial charge in [-0.05, 0) is 0 Å². The van der Waals surface area contributed by atoms with Gasteiger partial charge in [-0.3, -0.25) is 0 Å². The molecule has 17 heavy (non-hydrogen) atoms. The van der Waals surface area contributed by atoms with Crippen LogP contribution in [0.5, 0.6) is 5.75 Å². The number of hydrogen-bond donors (Lipinski definition) is 1. The summed E-state index contributed by atoms with van der Waals surface area (Å²) >= 11 is 0. The standard InChI is InChI=1S/C11H14F2N2O2/c1-15(2)11(16)14-3-4-17-10-6-8(12)5-9(13)7-10/h5-7H,3-4H2,1-2H3,(H,14,16). The van der Waals surface area contributed by atoms with Gasteiger partial charge in [0.05, 0.1) is 6.54 Å². The van der Waals surface area contributed by atoms with Gasteiger partial charge in [-0.1, -0.05) is 0 Å². The molecule has 0 saturated carbocycles. The molecule has 1 aromatic rings. The lowest BCUT2D eigenvalue weighted by Gasteiger charge is -2.12. The largest absolute Gasteiger partial charge is 0.492 e. The molecular formula is C11H14F2N2O2. The summed E-state index contributed by atoms with van der Waals surface area (Å²) in [6.07, 6.45) is 0. The summed E-state index contributed by atoms with van der Waals surface area (Å²) in [7, 11) is 3.22. The molecule has 94 valence electrons. The Morgan fingerprint density at radius 2 is 1.88 bits per heavy atom. The van der Waals surface area contributed by atoms with Crippen molar-refractivity contribution in [2.45, 2.75) is 0 Å². The minimum atomic E-state index is -0.697. The van der Waals surface area contributed by atoms with Crippen LogP contribution in [0.4, 0.5) is 13.6 Å². The van der Waals surface area contributed by atoms with Crippen molar-refractivity contribution in [3.63, 3.8) is 0 Å². The Kier molecular flexibility index (Phi) is 4.68. The number of nitrogens with zero attached hydrogens (tertiary/aromatic N) is 1. The molecule has 1 aromatic carbocycles. The lowest BCUT2D eigenvalue weighted by Crippen LogP contribution is -2.36. The highest BCUT2D eigenvalue weighted by Gasteiger charge is 2.03. The molecule has 0 aliphatic rings.